The van der Waals surface area contributed by atoms with Crippen molar-refractivity contribution in [3.05, 3.63) is 35.4 Å². The Labute approximate surface area is 129 Å². The van der Waals surface area contributed by atoms with Crippen LogP contribution in [0.2, 0.25) is 0 Å². The SMILES string of the molecule is CC(C)(C)NCC1CCN(Cc2ccc(C#N)cc2)CC1. The molecule has 114 valence electrons. The van der Waals surface area contributed by atoms with Crippen LogP contribution >= 0.6 is 0 Å². The summed E-state index contributed by atoms with van der Waals surface area (Å²) in [6.45, 7) is 11.2. The molecule has 0 spiro atoms. The summed E-state index contributed by atoms with van der Waals surface area (Å²) in [7, 11) is 0. The molecule has 0 amide bonds. The Morgan fingerprint density at radius 1 is 1.19 bits per heavy atom. The monoisotopic (exact) mass is 285 g/mol. The average Bonchev–Trinajstić information content (AvgIpc) is 2.46. The summed E-state index contributed by atoms with van der Waals surface area (Å²) < 4.78 is 0. The molecule has 1 fully saturated rings. The van der Waals surface area contributed by atoms with Gasteiger partial charge in [-0.05, 0) is 76.9 Å². The van der Waals surface area contributed by atoms with Gasteiger partial charge in [-0.15, -0.1) is 0 Å². The molecule has 0 aliphatic carbocycles. The Bertz CT molecular complexity index is 471. The summed E-state index contributed by atoms with van der Waals surface area (Å²) in [4.78, 5) is 2.52. The van der Waals surface area contributed by atoms with Crippen LogP contribution in [0, 0.1) is 17.2 Å². The van der Waals surface area contributed by atoms with Gasteiger partial charge in [-0.3, -0.25) is 4.90 Å². The molecule has 3 nitrogen and oxygen atoms in total. The van der Waals surface area contributed by atoms with Crippen molar-refractivity contribution in [1.29, 1.82) is 5.26 Å². The fraction of sp³-hybridized carbons (Fsp3) is 0.611. The summed E-state index contributed by atoms with van der Waals surface area (Å²) in [5.41, 5.74) is 2.27. The first-order chi connectivity index (χ1) is 9.96. The van der Waals surface area contributed by atoms with Gasteiger partial charge >= 0.3 is 0 Å². The summed E-state index contributed by atoms with van der Waals surface area (Å²) in [5.74, 6) is 0.807. The van der Waals surface area contributed by atoms with E-state index in [9.17, 15) is 0 Å². The summed E-state index contributed by atoms with van der Waals surface area (Å²) in [6.07, 6.45) is 2.55. The summed E-state index contributed by atoms with van der Waals surface area (Å²) in [6, 6.07) is 10.1. The van der Waals surface area contributed by atoms with Crippen LogP contribution in [-0.4, -0.2) is 30.1 Å². The molecular formula is C18H27N3. The molecule has 1 heterocycles. The van der Waals surface area contributed by atoms with Crippen LogP contribution in [0.3, 0.4) is 0 Å². The van der Waals surface area contributed by atoms with Crippen LogP contribution in [-0.2, 0) is 6.54 Å². The Hall–Kier alpha value is -1.37. The number of nitriles is 1. The highest BCUT2D eigenvalue weighted by Gasteiger charge is 2.20. The zero-order chi connectivity index (χ0) is 15.3. The van der Waals surface area contributed by atoms with Gasteiger partial charge in [-0.2, -0.15) is 5.26 Å². The highest BCUT2D eigenvalue weighted by atomic mass is 15.1. The highest BCUT2D eigenvalue weighted by molar-refractivity contribution is 5.31. The minimum atomic E-state index is 0.222. The van der Waals surface area contributed by atoms with Crippen molar-refractivity contribution in [2.75, 3.05) is 19.6 Å². The van der Waals surface area contributed by atoms with Crippen LogP contribution in [0.1, 0.15) is 44.7 Å². The van der Waals surface area contributed by atoms with E-state index in [-0.39, 0.29) is 5.54 Å². The molecule has 0 atom stereocenters. The molecule has 1 N–H and O–H groups in total. The van der Waals surface area contributed by atoms with Gasteiger partial charge in [0, 0.05) is 12.1 Å². The molecule has 0 unspecified atom stereocenters. The van der Waals surface area contributed by atoms with E-state index in [0.29, 0.717) is 0 Å². The number of rotatable bonds is 4. The second-order valence-electron chi connectivity index (χ2n) is 7.16. The zero-order valence-electron chi connectivity index (χ0n) is 13.5. The Morgan fingerprint density at radius 3 is 2.33 bits per heavy atom. The molecule has 21 heavy (non-hydrogen) atoms. The molecule has 0 aromatic heterocycles. The number of likely N-dealkylation sites (tertiary alicyclic amines) is 1. The number of hydrogen-bond acceptors (Lipinski definition) is 3. The minimum absolute atomic E-state index is 0.222. The number of piperidine rings is 1. The summed E-state index contributed by atoms with van der Waals surface area (Å²) >= 11 is 0. The molecule has 0 radical (unpaired) electrons. The molecule has 3 heteroatoms. The van der Waals surface area contributed by atoms with Crippen molar-refractivity contribution in [2.24, 2.45) is 5.92 Å². The van der Waals surface area contributed by atoms with Crippen molar-refractivity contribution in [3.63, 3.8) is 0 Å². The van der Waals surface area contributed by atoms with Gasteiger partial charge < -0.3 is 5.32 Å². The Balaban J connectivity index is 1.75. The van der Waals surface area contributed by atoms with Gasteiger partial charge in [-0.25, -0.2) is 0 Å². The number of benzene rings is 1. The van der Waals surface area contributed by atoms with Crippen molar-refractivity contribution >= 4 is 0 Å². The second-order valence-corrected chi connectivity index (χ2v) is 7.16. The normalized spacial score (nSPS) is 17.6. The molecule has 1 saturated heterocycles. The molecule has 1 aromatic carbocycles. The quantitative estimate of drug-likeness (QED) is 0.923. The topological polar surface area (TPSA) is 39.1 Å². The van der Waals surface area contributed by atoms with Crippen LogP contribution < -0.4 is 5.32 Å². The van der Waals surface area contributed by atoms with Gasteiger partial charge in [0.15, 0.2) is 0 Å². The Morgan fingerprint density at radius 2 is 1.81 bits per heavy atom. The van der Waals surface area contributed by atoms with E-state index in [1.54, 1.807) is 0 Å². The lowest BCUT2D eigenvalue weighted by Crippen LogP contribution is -2.42. The molecule has 1 aliphatic heterocycles. The molecule has 0 saturated carbocycles. The number of hydrogen-bond donors (Lipinski definition) is 1. The molecule has 1 aromatic rings. The third-order valence-corrected chi connectivity index (χ3v) is 4.12. The van der Waals surface area contributed by atoms with Crippen molar-refractivity contribution in [2.45, 2.75) is 45.7 Å². The first kappa shape index (κ1) is 16.0. The zero-order valence-corrected chi connectivity index (χ0v) is 13.5. The van der Waals surface area contributed by atoms with E-state index < -0.39 is 0 Å². The fourth-order valence-corrected chi connectivity index (χ4v) is 2.74. The fourth-order valence-electron chi connectivity index (χ4n) is 2.74. The van der Waals surface area contributed by atoms with Crippen molar-refractivity contribution in [1.82, 2.24) is 10.2 Å². The lowest BCUT2D eigenvalue weighted by atomic mass is 9.95. The van der Waals surface area contributed by atoms with Gasteiger partial charge in [0.25, 0.3) is 0 Å². The smallest absolute Gasteiger partial charge is 0.0991 e. The first-order valence-electron chi connectivity index (χ1n) is 7.93. The molecule has 2 rings (SSSR count). The third kappa shape index (κ3) is 5.49. The standard InChI is InChI=1S/C18H27N3/c1-18(2,3)20-13-16-8-10-21(11-9-16)14-17-6-4-15(12-19)5-7-17/h4-7,16,20H,8-11,13-14H2,1-3H3. The molecular weight excluding hydrogens is 258 g/mol. The number of nitrogens with zero attached hydrogens (tertiary/aromatic N) is 2. The lowest BCUT2D eigenvalue weighted by molar-refractivity contribution is 0.170. The highest BCUT2D eigenvalue weighted by Crippen LogP contribution is 2.19. The van der Waals surface area contributed by atoms with Crippen LogP contribution in [0.5, 0.6) is 0 Å². The maximum Gasteiger partial charge on any atom is 0.0991 e. The predicted molar refractivity (Wildman–Crippen MR) is 86.9 cm³/mol. The van der Waals surface area contributed by atoms with Gasteiger partial charge in [0.1, 0.15) is 0 Å². The maximum atomic E-state index is 8.82. The van der Waals surface area contributed by atoms with Crippen LogP contribution in [0.15, 0.2) is 24.3 Å². The van der Waals surface area contributed by atoms with E-state index >= 15 is 0 Å². The van der Waals surface area contributed by atoms with E-state index in [2.05, 4.69) is 49.2 Å². The largest absolute Gasteiger partial charge is 0.312 e. The van der Waals surface area contributed by atoms with Crippen LogP contribution in [0.4, 0.5) is 0 Å². The van der Waals surface area contributed by atoms with Gasteiger partial charge in [0.05, 0.1) is 11.6 Å². The van der Waals surface area contributed by atoms with E-state index in [4.69, 9.17) is 5.26 Å². The van der Waals surface area contributed by atoms with Crippen molar-refractivity contribution in [3.8, 4) is 6.07 Å². The maximum absolute atomic E-state index is 8.82. The van der Waals surface area contributed by atoms with Gasteiger partial charge in [0.2, 0.25) is 0 Å². The first-order valence-corrected chi connectivity index (χ1v) is 7.93. The number of nitrogens with one attached hydrogen (secondary N) is 1. The van der Waals surface area contributed by atoms with E-state index in [1.807, 2.05) is 12.1 Å². The second kappa shape index (κ2) is 7.06. The molecule has 1 aliphatic rings. The summed E-state index contributed by atoms with van der Waals surface area (Å²) in [5, 5.41) is 12.4. The van der Waals surface area contributed by atoms with Gasteiger partial charge in [-0.1, -0.05) is 12.1 Å². The van der Waals surface area contributed by atoms with E-state index in [1.165, 1.54) is 31.5 Å². The third-order valence-electron chi connectivity index (χ3n) is 4.12. The Kier molecular flexibility index (Phi) is 5.39. The minimum Gasteiger partial charge on any atom is -0.312 e. The van der Waals surface area contributed by atoms with Crippen molar-refractivity contribution < 1.29 is 0 Å². The van der Waals surface area contributed by atoms with E-state index in [0.717, 1.165) is 24.6 Å². The average molecular weight is 285 g/mol. The lowest BCUT2D eigenvalue weighted by Gasteiger charge is -2.33. The van der Waals surface area contributed by atoms with Crippen LogP contribution in [0.25, 0.3) is 0 Å². The molecule has 0 bridgehead atoms. The predicted octanol–water partition coefficient (Wildman–Crippen LogP) is 3.16.